The zero-order valence-corrected chi connectivity index (χ0v) is 25.4. The van der Waals surface area contributed by atoms with Gasteiger partial charge in [-0.2, -0.15) is 0 Å². The molecular formula is C31H54N2O8. The molecule has 236 valence electrons. The molecule has 0 bridgehead atoms. The van der Waals surface area contributed by atoms with Crippen LogP contribution in [-0.2, 0) is 23.9 Å². The molecule has 0 fully saturated rings. The van der Waals surface area contributed by atoms with Crippen molar-refractivity contribution in [3.05, 3.63) is 49.1 Å². The number of aliphatic carboxylic acids is 2. The van der Waals surface area contributed by atoms with Crippen molar-refractivity contribution in [2.45, 2.75) is 85.0 Å². The Kier molecular flexibility index (Phi) is 32.2. The predicted molar refractivity (Wildman–Crippen MR) is 163 cm³/mol. The molecule has 0 saturated carbocycles. The molecule has 5 N–H and O–H groups in total. The van der Waals surface area contributed by atoms with Crippen LogP contribution < -0.4 is 10.6 Å². The summed E-state index contributed by atoms with van der Waals surface area (Å²) >= 11 is 0. The van der Waals surface area contributed by atoms with Crippen molar-refractivity contribution in [1.82, 2.24) is 10.6 Å². The minimum absolute atomic E-state index is 0.0615. The quantitative estimate of drug-likeness (QED) is 0.0685. The van der Waals surface area contributed by atoms with Gasteiger partial charge in [-0.15, -0.1) is 0 Å². The molecule has 10 heteroatoms. The van der Waals surface area contributed by atoms with Gasteiger partial charge in [0.25, 0.3) is 0 Å². The molecule has 0 aromatic carbocycles. The minimum atomic E-state index is -1.16. The lowest BCUT2D eigenvalue weighted by molar-refractivity contribution is -0.139. The second-order valence-corrected chi connectivity index (χ2v) is 9.28. The summed E-state index contributed by atoms with van der Waals surface area (Å²) in [4.78, 5) is 42.5. The average molecular weight is 583 g/mol. The molecule has 0 aliphatic heterocycles. The Bertz CT molecular complexity index is 791. The summed E-state index contributed by atoms with van der Waals surface area (Å²) in [6.07, 6.45) is 14.1. The lowest BCUT2D eigenvalue weighted by Gasteiger charge is -2.11. The van der Waals surface area contributed by atoms with E-state index in [9.17, 15) is 19.2 Å². The third kappa shape index (κ3) is 32.9. The highest BCUT2D eigenvalue weighted by Gasteiger charge is 2.15. The first-order valence-electron chi connectivity index (χ1n) is 14.4. The number of hydrogen-bond donors (Lipinski definition) is 5. The van der Waals surface area contributed by atoms with Crippen molar-refractivity contribution in [2.75, 3.05) is 32.8 Å². The molecule has 1 atom stereocenters. The molecule has 0 aliphatic carbocycles. The number of carboxylic acid groups (broad SMARTS) is 2. The van der Waals surface area contributed by atoms with E-state index in [4.69, 9.17) is 20.1 Å². The first kappa shape index (κ1) is 42.2. The Hall–Kier alpha value is -3.24. The molecule has 0 heterocycles. The normalized spacial score (nSPS) is 10.7. The molecule has 0 spiro atoms. The number of hydrogen-bond acceptors (Lipinski definition) is 7. The number of esters is 1. The number of ether oxygens (including phenoxy) is 1. The summed E-state index contributed by atoms with van der Waals surface area (Å²) in [7, 11) is 0. The molecule has 0 aromatic heterocycles. The number of aliphatic hydroxyl groups is 1. The van der Waals surface area contributed by atoms with E-state index in [0.29, 0.717) is 25.0 Å². The third-order valence-corrected chi connectivity index (χ3v) is 5.45. The van der Waals surface area contributed by atoms with Crippen LogP contribution in [0.25, 0.3) is 0 Å². The lowest BCUT2D eigenvalue weighted by Crippen LogP contribution is -2.22. The molecule has 0 saturated heterocycles. The second-order valence-electron chi connectivity index (χ2n) is 9.28. The highest BCUT2D eigenvalue weighted by Crippen LogP contribution is 2.17. The summed E-state index contributed by atoms with van der Waals surface area (Å²) in [6, 6.07) is 0. The standard InChI is InChI=1S/C11H21NO.C10H19NO2.C10H14O5/c1-3-5-6-7-8-9-10-12-11(13)4-2;1-4-5-6-11-7-8-13-10(12)9(2)3;1-7(10(14)15)8(3-2-6-11)4-5-9(12)13/h4H,2-3,5-10H2,1H3,(H,12,13);11H,2,4-8H2,1,3H3;4-5,8,11H,1-3,6H2,(H,12,13)(H,14,15). The van der Waals surface area contributed by atoms with E-state index in [2.05, 4.69) is 44.2 Å². The number of carboxylic acids is 2. The van der Waals surface area contributed by atoms with E-state index in [1.807, 2.05) is 0 Å². The molecule has 0 aliphatic rings. The minimum Gasteiger partial charge on any atom is -0.478 e. The maximum absolute atomic E-state index is 10.9. The van der Waals surface area contributed by atoms with E-state index in [-0.39, 0.29) is 24.1 Å². The van der Waals surface area contributed by atoms with Gasteiger partial charge in [-0.3, -0.25) is 4.79 Å². The Morgan fingerprint density at radius 1 is 0.878 bits per heavy atom. The molecule has 1 unspecified atom stereocenters. The zero-order chi connectivity index (χ0) is 31.9. The first-order valence-corrected chi connectivity index (χ1v) is 14.4. The molecule has 0 aromatic rings. The molecule has 10 nitrogen and oxygen atoms in total. The number of carbonyl (C=O) groups is 4. The van der Waals surface area contributed by atoms with Crippen molar-refractivity contribution >= 4 is 23.8 Å². The van der Waals surface area contributed by atoms with Gasteiger partial charge in [0.1, 0.15) is 6.61 Å². The van der Waals surface area contributed by atoms with E-state index in [1.54, 1.807) is 6.92 Å². The fourth-order valence-electron chi connectivity index (χ4n) is 3.01. The van der Waals surface area contributed by atoms with Crippen LogP contribution in [0.1, 0.15) is 85.0 Å². The first-order chi connectivity index (χ1) is 19.5. The van der Waals surface area contributed by atoms with Gasteiger partial charge in [-0.25, -0.2) is 14.4 Å². The van der Waals surface area contributed by atoms with Crippen LogP contribution in [0, 0.1) is 5.92 Å². The van der Waals surface area contributed by atoms with Gasteiger partial charge in [-0.05, 0) is 45.2 Å². The van der Waals surface area contributed by atoms with Crippen LogP contribution in [-0.4, -0.2) is 72.0 Å². The Balaban J connectivity index is -0.000000530. The second kappa shape index (κ2) is 31.3. The number of nitrogens with one attached hydrogen (secondary N) is 2. The number of amides is 1. The fraction of sp³-hybridized carbons (Fsp3) is 0.613. The van der Waals surface area contributed by atoms with Gasteiger partial charge in [0, 0.05) is 42.8 Å². The average Bonchev–Trinajstić information content (AvgIpc) is 2.94. The van der Waals surface area contributed by atoms with Crippen molar-refractivity contribution in [2.24, 2.45) is 5.92 Å². The Morgan fingerprint density at radius 3 is 2.00 bits per heavy atom. The molecule has 1 amide bonds. The molecular weight excluding hydrogens is 528 g/mol. The number of unbranched alkanes of at least 4 members (excludes halogenated alkanes) is 6. The smallest absolute Gasteiger partial charge is 0.333 e. The maximum Gasteiger partial charge on any atom is 0.333 e. The van der Waals surface area contributed by atoms with Gasteiger partial charge in [0.2, 0.25) is 5.91 Å². The fourth-order valence-corrected chi connectivity index (χ4v) is 3.01. The van der Waals surface area contributed by atoms with Gasteiger partial charge in [0.15, 0.2) is 0 Å². The van der Waals surface area contributed by atoms with Crippen LogP contribution in [0.3, 0.4) is 0 Å². The van der Waals surface area contributed by atoms with Crippen LogP contribution in [0.4, 0.5) is 0 Å². The van der Waals surface area contributed by atoms with Gasteiger partial charge >= 0.3 is 17.9 Å². The van der Waals surface area contributed by atoms with Gasteiger partial charge in [0.05, 0.1) is 0 Å². The predicted octanol–water partition coefficient (Wildman–Crippen LogP) is 4.80. The number of aliphatic hydroxyl groups excluding tert-OH is 1. The third-order valence-electron chi connectivity index (χ3n) is 5.45. The van der Waals surface area contributed by atoms with E-state index < -0.39 is 17.9 Å². The van der Waals surface area contributed by atoms with Crippen LogP contribution in [0.15, 0.2) is 49.1 Å². The summed E-state index contributed by atoms with van der Waals surface area (Å²) in [5.74, 6) is -3.22. The monoisotopic (exact) mass is 582 g/mol. The number of allylic oxidation sites excluding steroid dienone is 1. The maximum atomic E-state index is 10.9. The number of carbonyl (C=O) groups excluding carboxylic acids is 2. The zero-order valence-electron chi connectivity index (χ0n) is 25.4. The van der Waals surface area contributed by atoms with Crippen LogP contribution >= 0.6 is 0 Å². The largest absolute Gasteiger partial charge is 0.478 e. The lowest BCUT2D eigenvalue weighted by atomic mass is 9.95. The summed E-state index contributed by atoms with van der Waals surface area (Å²) in [5.41, 5.74) is 0.384. The van der Waals surface area contributed by atoms with E-state index >= 15 is 0 Å². The highest BCUT2D eigenvalue weighted by atomic mass is 16.5. The number of rotatable bonds is 22. The van der Waals surface area contributed by atoms with Crippen molar-refractivity contribution in [3.63, 3.8) is 0 Å². The Labute approximate surface area is 246 Å². The van der Waals surface area contributed by atoms with Gasteiger partial charge < -0.3 is 30.7 Å². The van der Waals surface area contributed by atoms with Crippen molar-refractivity contribution in [3.8, 4) is 0 Å². The highest BCUT2D eigenvalue weighted by molar-refractivity contribution is 5.88. The topological polar surface area (TPSA) is 162 Å². The summed E-state index contributed by atoms with van der Waals surface area (Å²) < 4.78 is 4.88. The van der Waals surface area contributed by atoms with Crippen LogP contribution in [0.5, 0.6) is 0 Å². The Morgan fingerprint density at radius 2 is 1.49 bits per heavy atom. The molecule has 0 radical (unpaired) electrons. The van der Waals surface area contributed by atoms with E-state index in [1.165, 1.54) is 50.7 Å². The van der Waals surface area contributed by atoms with Crippen molar-refractivity contribution in [1.29, 1.82) is 0 Å². The van der Waals surface area contributed by atoms with Crippen LogP contribution in [0.2, 0.25) is 0 Å². The molecule has 0 rings (SSSR count). The van der Waals surface area contributed by atoms with Crippen molar-refractivity contribution < 1.29 is 39.2 Å². The van der Waals surface area contributed by atoms with E-state index in [0.717, 1.165) is 38.6 Å². The summed E-state index contributed by atoms with van der Waals surface area (Å²) in [6.45, 7) is 19.1. The SMILES string of the molecule is C=C(C(=O)O)C(C=CC(=O)O)CCCO.C=C(C)C(=O)OCCNCCCC.C=CC(=O)NCCCCCCCC. The summed E-state index contributed by atoms with van der Waals surface area (Å²) in [5, 5.41) is 31.6. The van der Waals surface area contributed by atoms with Gasteiger partial charge in [-0.1, -0.05) is 78.2 Å². The molecule has 41 heavy (non-hydrogen) atoms.